The van der Waals surface area contributed by atoms with Gasteiger partial charge in [0.15, 0.2) is 5.54 Å². The number of carbonyl (C=O) groups excluding carboxylic acids is 1. The van der Waals surface area contributed by atoms with E-state index in [-0.39, 0.29) is 5.97 Å². The molecule has 1 aromatic heterocycles. The predicted molar refractivity (Wildman–Crippen MR) is 69.0 cm³/mol. The van der Waals surface area contributed by atoms with E-state index in [1.807, 2.05) is 6.92 Å². The lowest BCUT2D eigenvalue weighted by molar-refractivity contribution is -0.148. The van der Waals surface area contributed by atoms with Crippen LogP contribution in [0.2, 0.25) is 0 Å². The normalized spacial score (nSPS) is 14.3. The molecule has 0 amide bonds. The quantitative estimate of drug-likeness (QED) is 0.802. The Morgan fingerprint density at radius 1 is 1.44 bits per heavy atom. The van der Waals surface area contributed by atoms with Gasteiger partial charge in [-0.1, -0.05) is 13.8 Å². The molecule has 18 heavy (non-hydrogen) atoms. The number of nitrogens with one attached hydrogen (secondary N) is 1. The fourth-order valence-electron chi connectivity index (χ4n) is 1.76. The predicted octanol–water partition coefficient (Wildman–Crippen LogP) is 1.42. The van der Waals surface area contributed by atoms with Crippen LogP contribution in [-0.4, -0.2) is 29.6 Å². The number of rotatable bonds is 5. The first-order valence-corrected chi connectivity index (χ1v) is 6.03. The lowest BCUT2D eigenvalue weighted by Gasteiger charge is -2.29. The molecule has 1 unspecified atom stereocenters. The Hall–Kier alpha value is -1.49. The van der Waals surface area contributed by atoms with Gasteiger partial charge in [-0.25, -0.2) is 4.79 Å². The van der Waals surface area contributed by atoms with Crippen LogP contribution >= 0.6 is 0 Å². The van der Waals surface area contributed by atoms with Crippen molar-refractivity contribution in [2.75, 3.05) is 13.7 Å². The van der Waals surface area contributed by atoms with Crippen molar-refractivity contribution < 1.29 is 9.53 Å². The van der Waals surface area contributed by atoms with Crippen molar-refractivity contribution in [3.05, 3.63) is 23.8 Å². The molecule has 1 N–H and O–H groups in total. The standard InChI is InChI=1S/C13H21N3O2/c1-9(2)8-16-13(4,12(17)18-5)11-10(3)14-6-7-15-11/h6-7,9,16H,8H2,1-5H3. The van der Waals surface area contributed by atoms with E-state index < -0.39 is 5.54 Å². The maximum absolute atomic E-state index is 12.0. The molecule has 0 aliphatic heterocycles. The van der Waals surface area contributed by atoms with Crippen molar-refractivity contribution in [2.24, 2.45) is 5.92 Å². The first-order valence-electron chi connectivity index (χ1n) is 6.03. The Bertz CT molecular complexity index is 420. The Labute approximate surface area is 108 Å². The summed E-state index contributed by atoms with van der Waals surface area (Å²) in [6.07, 6.45) is 3.19. The van der Waals surface area contributed by atoms with Crippen LogP contribution < -0.4 is 5.32 Å². The molecule has 1 heterocycles. The van der Waals surface area contributed by atoms with E-state index in [1.165, 1.54) is 7.11 Å². The van der Waals surface area contributed by atoms with Crippen molar-refractivity contribution in [3.63, 3.8) is 0 Å². The summed E-state index contributed by atoms with van der Waals surface area (Å²) >= 11 is 0. The van der Waals surface area contributed by atoms with Gasteiger partial charge in [-0.2, -0.15) is 0 Å². The van der Waals surface area contributed by atoms with Gasteiger partial charge in [0.2, 0.25) is 0 Å². The Morgan fingerprint density at radius 2 is 2.06 bits per heavy atom. The third kappa shape index (κ3) is 3.04. The van der Waals surface area contributed by atoms with E-state index in [4.69, 9.17) is 4.74 Å². The maximum atomic E-state index is 12.0. The Balaban J connectivity index is 3.12. The van der Waals surface area contributed by atoms with Crippen molar-refractivity contribution >= 4 is 5.97 Å². The highest BCUT2D eigenvalue weighted by atomic mass is 16.5. The topological polar surface area (TPSA) is 64.1 Å². The average Bonchev–Trinajstić information content (AvgIpc) is 2.35. The number of hydrogen-bond donors (Lipinski definition) is 1. The summed E-state index contributed by atoms with van der Waals surface area (Å²) in [5.74, 6) is 0.0673. The van der Waals surface area contributed by atoms with Crippen LogP contribution in [0.1, 0.15) is 32.2 Å². The number of aryl methyl sites for hydroxylation is 1. The second kappa shape index (κ2) is 5.91. The molecule has 1 atom stereocenters. The molecule has 5 nitrogen and oxygen atoms in total. The van der Waals surface area contributed by atoms with Crippen LogP contribution in [-0.2, 0) is 15.1 Å². The third-order valence-corrected chi connectivity index (χ3v) is 2.81. The van der Waals surface area contributed by atoms with Gasteiger partial charge < -0.3 is 4.74 Å². The second-order valence-corrected chi connectivity index (χ2v) is 4.88. The fourth-order valence-corrected chi connectivity index (χ4v) is 1.76. The van der Waals surface area contributed by atoms with Gasteiger partial charge in [-0.15, -0.1) is 0 Å². The molecule has 5 heteroatoms. The molecule has 100 valence electrons. The van der Waals surface area contributed by atoms with Crippen molar-refractivity contribution in [1.29, 1.82) is 0 Å². The SMILES string of the molecule is COC(=O)C(C)(NCC(C)C)c1nccnc1C. The molecular formula is C13H21N3O2. The van der Waals surface area contributed by atoms with Crippen LogP contribution in [0.3, 0.4) is 0 Å². The minimum Gasteiger partial charge on any atom is -0.467 e. The van der Waals surface area contributed by atoms with Crippen LogP contribution in [0.4, 0.5) is 0 Å². The number of carbonyl (C=O) groups is 1. The molecular weight excluding hydrogens is 230 g/mol. The lowest BCUT2D eigenvalue weighted by atomic mass is 9.95. The third-order valence-electron chi connectivity index (χ3n) is 2.81. The number of esters is 1. The van der Waals surface area contributed by atoms with Crippen molar-refractivity contribution in [2.45, 2.75) is 33.2 Å². The molecule has 0 saturated heterocycles. The number of nitrogens with zero attached hydrogens (tertiary/aromatic N) is 2. The zero-order valence-electron chi connectivity index (χ0n) is 11.7. The van der Waals surface area contributed by atoms with E-state index in [0.29, 0.717) is 18.2 Å². The van der Waals surface area contributed by atoms with Crippen LogP contribution in [0.15, 0.2) is 12.4 Å². The van der Waals surface area contributed by atoms with Gasteiger partial charge in [0.25, 0.3) is 0 Å². The summed E-state index contributed by atoms with van der Waals surface area (Å²) in [5.41, 5.74) is 0.372. The molecule has 0 fully saturated rings. The number of methoxy groups -OCH3 is 1. The van der Waals surface area contributed by atoms with Crippen molar-refractivity contribution in [1.82, 2.24) is 15.3 Å². The Morgan fingerprint density at radius 3 is 2.56 bits per heavy atom. The molecule has 1 rings (SSSR count). The summed E-state index contributed by atoms with van der Waals surface area (Å²) in [6, 6.07) is 0. The lowest BCUT2D eigenvalue weighted by Crippen LogP contribution is -2.49. The largest absolute Gasteiger partial charge is 0.467 e. The monoisotopic (exact) mass is 251 g/mol. The maximum Gasteiger partial charge on any atom is 0.332 e. The number of ether oxygens (including phenoxy) is 1. The van der Waals surface area contributed by atoms with E-state index >= 15 is 0 Å². The van der Waals surface area contributed by atoms with Crippen LogP contribution in [0.25, 0.3) is 0 Å². The van der Waals surface area contributed by atoms with Gasteiger partial charge in [-0.3, -0.25) is 15.3 Å². The summed E-state index contributed by atoms with van der Waals surface area (Å²) in [7, 11) is 1.38. The zero-order chi connectivity index (χ0) is 13.8. The molecule has 0 saturated carbocycles. The summed E-state index contributed by atoms with van der Waals surface area (Å²) < 4.78 is 4.89. The molecule has 0 spiro atoms. The molecule has 0 radical (unpaired) electrons. The van der Waals surface area contributed by atoms with E-state index in [2.05, 4.69) is 29.1 Å². The molecule has 1 aromatic rings. The van der Waals surface area contributed by atoms with Gasteiger partial charge in [0.05, 0.1) is 18.5 Å². The first kappa shape index (κ1) is 14.6. The molecule has 0 aliphatic carbocycles. The van der Waals surface area contributed by atoms with Gasteiger partial charge in [-0.05, 0) is 26.3 Å². The molecule has 0 bridgehead atoms. The van der Waals surface area contributed by atoms with E-state index in [1.54, 1.807) is 19.3 Å². The molecule has 0 aliphatic rings. The van der Waals surface area contributed by atoms with E-state index in [9.17, 15) is 4.79 Å². The number of hydrogen-bond acceptors (Lipinski definition) is 5. The summed E-state index contributed by atoms with van der Waals surface area (Å²) in [6.45, 7) is 8.46. The highest BCUT2D eigenvalue weighted by Gasteiger charge is 2.39. The fraction of sp³-hybridized carbons (Fsp3) is 0.615. The minimum absolute atomic E-state index is 0.355. The average molecular weight is 251 g/mol. The summed E-state index contributed by atoms with van der Waals surface area (Å²) in [5, 5.41) is 3.23. The van der Waals surface area contributed by atoms with Crippen molar-refractivity contribution in [3.8, 4) is 0 Å². The van der Waals surface area contributed by atoms with Gasteiger partial charge >= 0.3 is 5.97 Å². The number of aromatic nitrogens is 2. The van der Waals surface area contributed by atoms with Crippen LogP contribution in [0.5, 0.6) is 0 Å². The van der Waals surface area contributed by atoms with Gasteiger partial charge in [0.1, 0.15) is 0 Å². The van der Waals surface area contributed by atoms with Gasteiger partial charge in [0, 0.05) is 12.4 Å². The smallest absolute Gasteiger partial charge is 0.332 e. The highest BCUT2D eigenvalue weighted by molar-refractivity contribution is 5.81. The second-order valence-electron chi connectivity index (χ2n) is 4.88. The first-order chi connectivity index (χ1) is 8.41. The van der Waals surface area contributed by atoms with E-state index in [0.717, 1.165) is 5.69 Å². The molecule has 0 aromatic carbocycles. The minimum atomic E-state index is -0.961. The van der Waals surface area contributed by atoms with Crippen LogP contribution in [0, 0.1) is 12.8 Å². The Kier molecular flexibility index (Phi) is 4.78. The highest BCUT2D eigenvalue weighted by Crippen LogP contribution is 2.22. The zero-order valence-corrected chi connectivity index (χ0v) is 11.7. The summed E-state index contributed by atoms with van der Waals surface area (Å²) in [4.78, 5) is 20.5.